The molecule has 0 saturated carbocycles. The van der Waals surface area contributed by atoms with E-state index in [-0.39, 0.29) is 0 Å². The van der Waals surface area contributed by atoms with Gasteiger partial charge in [-0.3, -0.25) is 5.10 Å². The molecule has 3 heteroatoms. The molecule has 3 nitrogen and oxygen atoms in total. The number of rotatable bonds is 4. The summed E-state index contributed by atoms with van der Waals surface area (Å²) in [6.07, 6.45) is 3.06. The number of H-pyrrole nitrogens is 1. The molecule has 0 fully saturated rings. The lowest BCUT2D eigenvalue weighted by Gasteiger charge is -2.34. The minimum Gasteiger partial charge on any atom is -0.260 e. The average molecular weight is 310 g/mol. The van der Waals surface area contributed by atoms with Crippen LogP contribution in [0, 0.1) is 6.20 Å². The van der Waals surface area contributed by atoms with E-state index in [0.29, 0.717) is 0 Å². The Morgan fingerprint density at radius 1 is 0.625 bits per heavy atom. The monoisotopic (exact) mass is 310 g/mol. The van der Waals surface area contributed by atoms with E-state index in [1.807, 2.05) is 18.2 Å². The molecule has 0 aliphatic carbocycles. The standard InChI is InChI=1S/C21H16N3/c1-4-10-17(11-5-1)21(20-16-22-24-23-20,18-12-6-2-7-13-18)19-14-8-3-9-15-19/h1-15H,(H,22,23,24). The van der Waals surface area contributed by atoms with Gasteiger partial charge in [-0.1, -0.05) is 96.2 Å². The molecule has 0 aliphatic heterocycles. The van der Waals surface area contributed by atoms with E-state index in [9.17, 15) is 0 Å². The van der Waals surface area contributed by atoms with E-state index < -0.39 is 5.41 Å². The summed E-state index contributed by atoms with van der Waals surface area (Å²) in [5.41, 5.74) is 3.72. The molecule has 0 amide bonds. The Morgan fingerprint density at radius 3 is 1.38 bits per heavy atom. The van der Waals surface area contributed by atoms with Crippen LogP contribution in [0.4, 0.5) is 0 Å². The van der Waals surface area contributed by atoms with Crippen LogP contribution in [0.15, 0.2) is 91.0 Å². The second-order valence-electron chi connectivity index (χ2n) is 5.65. The van der Waals surface area contributed by atoms with Gasteiger partial charge in [-0.25, -0.2) is 0 Å². The maximum absolute atomic E-state index is 3.93. The van der Waals surface area contributed by atoms with Crippen LogP contribution in [-0.4, -0.2) is 15.4 Å². The first kappa shape index (κ1) is 14.4. The van der Waals surface area contributed by atoms with Crippen molar-refractivity contribution in [3.63, 3.8) is 0 Å². The van der Waals surface area contributed by atoms with Crippen molar-refractivity contribution in [1.29, 1.82) is 0 Å². The predicted molar refractivity (Wildman–Crippen MR) is 93.5 cm³/mol. The highest BCUT2D eigenvalue weighted by atomic mass is 15.3. The molecule has 0 bridgehead atoms. The van der Waals surface area contributed by atoms with Gasteiger partial charge >= 0.3 is 0 Å². The average Bonchev–Trinajstić information content (AvgIpc) is 3.20. The number of benzene rings is 3. The largest absolute Gasteiger partial charge is 0.260 e. The maximum Gasteiger partial charge on any atom is 0.139 e. The molecular formula is C21H16N3. The molecule has 0 unspecified atom stereocenters. The normalized spacial score (nSPS) is 11.3. The number of aromatic amines is 1. The molecule has 1 heterocycles. The third-order valence-corrected chi connectivity index (χ3v) is 4.37. The maximum atomic E-state index is 3.93. The van der Waals surface area contributed by atoms with Gasteiger partial charge < -0.3 is 0 Å². The molecule has 1 aromatic heterocycles. The van der Waals surface area contributed by atoms with Gasteiger partial charge in [0.25, 0.3) is 0 Å². The number of hydrogen-bond donors (Lipinski definition) is 1. The van der Waals surface area contributed by atoms with Crippen LogP contribution in [0.2, 0.25) is 0 Å². The molecular weight excluding hydrogens is 294 g/mol. The Balaban J connectivity index is 2.12. The van der Waals surface area contributed by atoms with E-state index in [1.54, 1.807) is 0 Å². The first-order chi connectivity index (χ1) is 11.9. The minimum absolute atomic E-state index is 0.534. The highest BCUT2D eigenvalue weighted by Crippen LogP contribution is 2.43. The minimum atomic E-state index is -0.534. The number of nitrogens with zero attached hydrogens (tertiary/aromatic N) is 2. The fourth-order valence-corrected chi connectivity index (χ4v) is 3.34. The lowest BCUT2D eigenvalue weighted by Crippen LogP contribution is -2.31. The number of hydrogen-bond acceptors (Lipinski definition) is 2. The number of aromatic nitrogens is 3. The zero-order valence-electron chi connectivity index (χ0n) is 13.1. The van der Waals surface area contributed by atoms with Crippen molar-refractivity contribution in [2.45, 2.75) is 5.41 Å². The zero-order chi connectivity index (χ0) is 16.2. The lowest BCUT2D eigenvalue weighted by molar-refractivity contribution is 0.706. The van der Waals surface area contributed by atoms with Gasteiger partial charge in [0, 0.05) is 0 Å². The van der Waals surface area contributed by atoms with Crippen LogP contribution in [0.1, 0.15) is 22.4 Å². The van der Waals surface area contributed by atoms with E-state index >= 15 is 0 Å². The Hall–Kier alpha value is -3.20. The molecule has 0 saturated heterocycles. The summed E-state index contributed by atoms with van der Waals surface area (Å²) in [6, 6.07) is 31.2. The van der Waals surface area contributed by atoms with Crippen LogP contribution < -0.4 is 0 Å². The summed E-state index contributed by atoms with van der Waals surface area (Å²) < 4.78 is 0. The first-order valence-electron chi connectivity index (χ1n) is 7.88. The molecule has 1 radical (unpaired) electrons. The van der Waals surface area contributed by atoms with Crippen molar-refractivity contribution in [3.8, 4) is 0 Å². The van der Waals surface area contributed by atoms with Crippen LogP contribution in [0.3, 0.4) is 0 Å². The predicted octanol–water partition coefficient (Wildman–Crippen LogP) is 3.99. The summed E-state index contributed by atoms with van der Waals surface area (Å²) in [4.78, 5) is 0. The van der Waals surface area contributed by atoms with Gasteiger partial charge in [-0.15, -0.1) is 5.10 Å². The first-order valence-corrected chi connectivity index (χ1v) is 7.88. The molecule has 4 rings (SSSR count). The van der Waals surface area contributed by atoms with Gasteiger partial charge in [0.15, 0.2) is 0 Å². The van der Waals surface area contributed by atoms with E-state index in [0.717, 1.165) is 22.4 Å². The lowest BCUT2D eigenvalue weighted by atomic mass is 9.67. The molecule has 4 aromatic rings. The van der Waals surface area contributed by atoms with Crippen molar-refractivity contribution in [1.82, 2.24) is 15.4 Å². The summed E-state index contributed by atoms with van der Waals surface area (Å²) >= 11 is 0. The Labute approximate surface area is 141 Å². The van der Waals surface area contributed by atoms with Gasteiger partial charge in [-0.05, 0) is 16.7 Å². The summed E-state index contributed by atoms with van der Waals surface area (Å²) in [6.45, 7) is 0. The molecule has 1 N–H and O–H groups in total. The molecule has 0 spiro atoms. The third-order valence-electron chi connectivity index (χ3n) is 4.37. The second-order valence-corrected chi connectivity index (χ2v) is 5.65. The fourth-order valence-electron chi connectivity index (χ4n) is 3.34. The SMILES string of the molecule is [c]1nn[nH]c1C(c1ccccc1)(c1ccccc1)c1ccccc1. The summed E-state index contributed by atoms with van der Waals surface area (Å²) in [5.74, 6) is 0. The van der Waals surface area contributed by atoms with Crippen molar-refractivity contribution in [2.75, 3.05) is 0 Å². The molecule has 24 heavy (non-hydrogen) atoms. The van der Waals surface area contributed by atoms with Crippen molar-refractivity contribution < 1.29 is 0 Å². The zero-order valence-corrected chi connectivity index (χ0v) is 13.1. The Kier molecular flexibility index (Phi) is 3.67. The van der Waals surface area contributed by atoms with E-state index in [2.05, 4.69) is 94.4 Å². The highest BCUT2D eigenvalue weighted by Gasteiger charge is 2.40. The quantitative estimate of drug-likeness (QED) is 0.579. The molecule has 3 aromatic carbocycles. The smallest absolute Gasteiger partial charge is 0.139 e. The van der Waals surface area contributed by atoms with Gasteiger partial charge in [0.1, 0.15) is 6.20 Å². The van der Waals surface area contributed by atoms with Crippen molar-refractivity contribution in [2.24, 2.45) is 0 Å². The summed E-state index contributed by atoms with van der Waals surface area (Å²) in [5, 5.41) is 10.9. The van der Waals surface area contributed by atoms with Crippen LogP contribution in [0.5, 0.6) is 0 Å². The molecule has 115 valence electrons. The van der Waals surface area contributed by atoms with Crippen LogP contribution in [0.25, 0.3) is 0 Å². The number of nitrogens with one attached hydrogen (secondary N) is 1. The highest BCUT2D eigenvalue weighted by molar-refractivity contribution is 5.57. The molecule has 0 atom stereocenters. The summed E-state index contributed by atoms with van der Waals surface area (Å²) in [7, 11) is 0. The fraction of sp³-hybridized carbons (Fsp3) is 0.0476. The Bertz CT molecular complexity index is 789. The van der Waals surface area contributed by atoms with E-state index in [4.69, 9.17) is 0 Å². The Morgan fingerprint density at radius 2 is 1.04 bits per heavy atom. The second kappa shape index (κ2) is 6.13. The molecule has 0 aliphatic rings. The third kappa shape index (κ3) is 2.22. The van der Waals surface area contributed by atoms with Crippen LogP contribution in [-0.2, 0) is 5.41 Å². The van der Waals surface area contributed by atoms with Crippen molar-refractivity contribution in [3.05, 3.63) is 120 Å². The topological polar surface area (TPSA) is 41.6 Å². The van der Waals surface area contributed by atoms with E-state index in [1.165, 1.54) is 0 Å². The van der Waals surface area contributed by atoms with Gasteiger partial charge in [0.05, 0.1) is 11.1 Å². The van der Waals surface area contributed by atoms with Crippen molar-refractivity contribution >= 4 is 0 Å². The van der Waals surface area contributed by atoms with Gasteiger partial charge in [0.2, 0.25) is 0 Å². The van der Waals surface area contributed by atoms with Crippen LogP contribution >= 0.6 is 0 Å². The van der Waals surface area contributed by atoms with Gasteiger partial charge in [-0.2, -0.15) is 0 Å².